The molecule has 0 atom stereocenters. The molecule has 1 N–H and O–H groups in total. The zero-order valence-corrected chi connectivity index (χ0v) is 18.6. The lowest BCUT2D eigenvalue weighted by Gasteiger charge is -2.32. The van der Waals surface area contributed by atoms with Crippen molar-refractivity contribution in [1.29, 1.82) is 0 Å². The Morgan fingerprint density at radius 2 is 1.84 bits per heavy atom. The zero-order chi connectivity index (χ0) is 23.4. The van der Waals surface area contributed by atoms with Gasteiger partial charge in [0.05, 0.1) is 16.8 Å². The van der Waals surface area contributed by atoms with Gasteiger partial charge >= 0.3 is 13.2 Å². The fourth-order valence-electron chi connectivity index (χ4n) is 3.00. The minimum absolute atomic E-state index is 0.0538. The minimum Gasteiger partial charge on any atom is -0.445 e. The van der Waals surface area contributed by atoms with Gasteiger partial charge in [-0.15, -0.1) is 0 Å². The van der Waals surface area contributed by atoms with Gasteiger partial charge in [-0.3, -0.25) is 4.79 Å². The van der Waals surface area contributed by atoms with Gasteiger partial charge in [-0.1, -0.05) is 36.4 Å². The van der Waals surface area contributed by atoms with Gasteiger partial charge in [-0.2, -0.15) is 4.39 Å². The molecule has 3 rings (SSSR count). The number of nitrogens with zero attached hydrogens (tertiary/aromatic N) is 1. The SMILES string of the molecule is CC1(C)OB(C(=Cc2cnc(F)c(C=O)c2)CNC(=O)OCc2ccccc2)OC1(C)C. The van der Waals surface area contributed by atoms with Crippen LogP contribution in [0.2, 0.25) is 0 Å². The third kappa shape index (κ3) is 5.60. The summed E-state index contributed by atoms with van der Waals surface area (Å²) >= 11 is 0. The van der Waals surface area contributed by atoms with Gasteiger partial charge in [0.15, 0.2) is 6.29 Å². The van der Waals surface area contributed by atoms with E-state index in [0.29, 0.717) is 17.3 Å². The van der Waals surface area contributed by atoms with E-state index < -0.39 is 30.4 Å². The van der Waals surface area contributed by atoms with Crippen molar-refractivity contribution >= 4 is 25.6 Å². The lowest BCUT2D eigenvalue weighted by molar-refractivity contribution is 0.00578. The molecule has 0 aliphatic carbocycles. The number of carbonyl (C=O) groups excluding carboxylic acids is 2. The second-order valence-corrected chi connectivity index (χ2v) is 8.49. The lowest BCUT2D eigenvalue weighted by Crippen LogP contribution is -2.41. The highest BCUT2D eigenvalue weighted by molar-refractivity contribution is 6.56. The van der Waals surface area contributed by atoms with Crippen LogP contribution in [0.1, 0.15) is 49.2 Å². The number of halogens is 1. The molecule has 168 valence electrons. The van der Waals surface area contributed by atoms with Crippen LogP contribution in [0.25, 0.3) is 6.08 Å². The molecule has 32 heavy (non-hydrogen) atoms. The molecule has 0 radical (unpaired) electrons. The summed E-state index contributed by atoms with van der Waals surface area (Å²) in [4.78, 5) is 26.9. The summed E-state index contributed by atoms with van der Waals surface area (Å²) in [6.45, 7) is 7.84. The first-order valence-electron chi connectivity index (χ1n) is 10.2. The van der Waals surface area contributed by atoms with Crippen molar-refractivity contribution in [1.82, 2.24) is 10.3 Å². The first kappa shape index (κ1) is 23.6. The predicted octanol–water partition coefficient (Wildman–Crippen LogP) is 3.97. The van der Waals surface area contributed by atoms with Crippen LogP contribution in [-0.4, -0.2) is 42.2 Å². The van der Waals surface area contributed by atoms with E-state index in [1.807, 2.05) is 58.0 Å². The molecule has 0 unspecified atom stereocenters. The predicted molar refractivity (Wildman–Crippen MR) is 118 cm³/mol. The smallest absolute Gasteiger partial charge is 0.445 e. The number of nitrogens with one attached hydrogen (secondary N) is 1. The van der Waals surface area contributed by atoms with Gasteiger partial charge in [-0.25, -0.2) is 9.78 Å². The van der Waals surface area contributed by atoms with Crippen LogP contribution < -0.4 is 5.32 Å². The van der Waals surface area contributed by atoms with Gasteiger partial charge in [-0.05, 0) is 50.4 Å². The van der Waals surface area contributed by atoms with Crippen molar-refractivity contribution in [2.24, 2.45) is 0 Å². The molecule has 2 heterocycles. The van der Waals surface area contributed by atoms with Gasteiger partial charge < -0.3 is 19.4 Å². The fourth-order valence-corrected chi connectivity index (χ4v) is 3.00. The van der Waals surface area contributed by atoms with Crippen LogP contribution in [0.5, 0.6) is 0 Å². The largest absolute Gasteiger partial charge is 0.492 e. The van der Waals surface area contributed by atoms with E-state index in [2.05, 4.69) is 10.3 Å². The molecule has 1 aromatic heterocycles. The van der Waals surface area contributed by atoms with Gasteiger partial charge in [0.2, 0.25) is 5.95 Å². The Balaban J connectivity index is 1.76. The number of benzene rings is 1. The number of hydrogen-bond acceptors (Lipinski definition) is 6. The molecule has 2 aromatic rings. The second kappa shape index (κ2) is 9.62. The molecule has 0 spiro atoms. The van der Waals surface area contributed by atoms with E-state index in [-0.39, 0.29) is 18.7 Å². The van der Waals surface area contributed by atoms with E-state index in [4.69, 9.17) is 14.0 Å². The molecule has 7 nitrogen and oxygen atoms in total. The molecular formula is C23H26BFN2O5. The van der Waals surface area contributed by atoms with Crippen molar-refractivity contribution in [3.63, 3.8) is 0 Å². The highest BCUT2D eigenvalue weighted by Gasteiger charge is 2.52. The number of amides is 1. The second-order valence-electron chi connectivity index (χ2n) is 8.49. The first-order chi connectivity index (χ1) is 15.1. The van der Waals surface area contributed by atoms with Crippen molar-refractivity contribution in [3.8, 4) is 0 Å². The Morgan fingerprint density at radius 3 is 2.47 bits per heavy atom. The Labute approximate surface area is 187 Å². The summed E-state index contributed by atoms with van der Waals surface area (Å²) in [5.74, 6) is -0.850. The summed E-state index contributed by atoms with van der Waals surface area (Å²) < 4.78 is 31.0. The van der Waals surface area contributed by atoms with E-state index in [0.717, 1.165) is 5.56 Å². The fraction of sp³-hybridized carbons (Fsp3) is 0.348. The zero-order valence-electron chi connectivity index (χ0n) is 18.6. The summed E-state index contributed by atoms with van der Waals surface area (Å²) in [7, 11) is -0.765. The number of aromatic nitrogens is 1. The van der Waals surface area contributed by atoms with Crippen LogP contribution in [0, 0.1) is 5.95 Å². The van der Waals surface area contributed by atoms with Crippen molar-refractivity contribution in [2.45, 2.75) is 45.5 Å². The van der Waals surface area contributed by atoms with E-state index >= 15 is 0 Å². The van der Waals surface area contributed by atoms with E-state index in [1.54, 1.807) is 6.08 Å². The Kier molecular flexibility index (Phi) is 7.11. The average Bonchev–Trinajstić information content (AvgIpc) is 2.98. The molecule has 1 fully saturated rings. The van der Waals surface area contributed by atoms with E-state index in [1.165, 1.54) is 12.3 Å². The quantitative estimate of drug-likeness (QED) is 0.398. The third-order valence-electron chi connectivity index (χ3n) is 5.57. The van der Waals surface area contributed by atoms with Crippen LogP contribution in [0.4, 0.5) is 9.18 Å². The summed E-state index contributed by atoms with van der Waals surface area (Å²) in [5, 5.41) is 2.69. The number of hydrogen-bond donors (Lipinski definition) is 1. The number of alkyl carbamates (subject to hydrolysis) is 1. The first-order valence-corrected chi connectivity index (χ1v) is 10.2. The molecule has 1 saturated heterocycles. The standard InChI is InChI=1S/C23H26BFN2O5/c1-22(2)23(3,4)32-24(31-22)19(11-17-10-18(14-28)20(25)26-12-17)13-27-21(29)30-15-16-8-6-5-7-9-16/h5-12,14H,13,15H2,1-4H3,(H,27,29). The highest BCUT2D eigenvalue weighted by atomic mass is 19.1. The van der Waals surface area contributed by atoms with Crippen molar-refractivity contribution in [2.75, 3.05) is 6.54 Å². The molecule has 1 aliphatic heterocycles. The van der Waals surface area contributed by atoms with Crippen LogP contribution in [0.15, 0.2) is 48.1 Å². The molecular weight excluding hydrogens is 414 g/mol. The number of pyridine rings is 1. The maximum absolute atomic E-state index is 13.6. The normalized spacial score (nSPS) is 17.2. The van der Waals surface area contributed by atoms with Gasteiger partial charge in [0, 0.05) is 12.7 Å². The monoisotopic (exact) mass is 440 g/mol. The number of carbonyl (C=O) groups is 2. The van der Waals surface area contributed by atoms with Crippen LogP contribution in [-0.2, 0) is 20.7 Å². The molecule has 1 amide bonds. The van der Waals surface area contributed by atoms with Crippen LogP contribution in [0.3, 0.4) is 0 Å². The van der Waals surface area contributed by atoms with Crippen molar-refractivity contribution in [3.05, 3.63) is 70.7 Å². The molecule has 1 aliphatic rings. The Morgan fingerprint density at radius 1 is 1.19 bits per heavy atom. The highest BCUT2D eigenvalue weighted by Crippen LogP contribution is 2.38. The van der Waals surface area contributed by atoms with Gasteiger partial charge in [0.25, 0.3) is 0 Å². The van der Waals surface area contributed by atoms with Crippen LogP contribution >= 0.6 is 0 Å². The van der Waals surface area contributed by atoms with Gasteiger partial charge in [0.1, 0.15) is 6.61 Å². The minimum atomic E-state index is -0.850. The molecule has 0 saturated carbocycles. The maximum Gasteiger partial charge on any atom is 0.492 e. The summed E-state index contributed by atoms with van der Waals surface area (Å²) in [6.07, 6.45) is 2.73. The lowest BCUT2D eigenvalue weighted by atomic mass is 9.77. The number of rotatable bonds is 7. The average molecular weight is 440 g/mol. The Bertz CT molecular complexity index is 995. The topological polar surface area (TPSA) is 86.8 Å². The third-order valence-corrected chi connectivity index (χ3v) is 5.57. The summed E-state index contributed by atoms with van der Waals surface area (Å²) in [6, 6.07) is 10.7. The maximum atomic E-state index is 13.6. The number of ether oxygens (including phenoxy) is 1. The summed E-state index contributed by atoms with van der Waals surface area (Å²) in [5.41, 5.74) is 0.535. The van der Waals surface area contributed by atoms with Crippen molar-refractivity contribution < 1.29 is 28.0 Å². The Hall–Kier alpha value is -3.04. The van der Waals surface area contributed by atoms with E-state index in [9.17, 15) is 14.0 Å². The molecule has 1 aromatic carbocycles. The molecule has 0 bridgehead atoms. The number of aldehydes is 1. The molecule has 9 heteroatoms.